The Morgan fingerprint density at radius 1 is 1.24 bits per heavy atom. The molecule has 0 aromatic heterocycles. The molecule has 0 heterocycles. The lowest BCUT2D eigenvalue weighted by Crippen LogP contribution is -2.35. The van der Waals surface area contributed by atoms with Gasteiger partial charge in [-0.2, -0.15) is 0 Å². The normalized spacial score (nSPS) is 10.9. The van der Waals surface area contributed by atoms with Crippen LogP contribution in [-0.4, -0.2) is 35.0 Å². The lowest BCUT2D eigenvalue weighted by Gasteiger charge is -2.10. The Bertz CT molecular complexity index is 499. The molecule has 0 saturated carbocycles. The molecular weight excluding hydrogens is 242 g/mol. The molecule has 0 unspecified atom stereocenters. The van der Waals surface area contributed by atoms with Gasteiger partial charge in [0.25, 0.3) is 0 Å². The molecule has 0 aliphatic heterocycles. The quantitative estimate of drug-likeness (QED) is 0.679. The second-order valence-corrected chi connectivity index (χ2v) is 4.98. The number of nitrogens with one attached hydrogen (secondary N) is 3. The fraction of sp³-hybridized carbons (Fsp3) is 0.300. The van der Waals surface area contributed by atoms with Gasteiger partial charge in [-0.3, -0.25) is 4.79 Å². The maximum atomic E-state index is 11.9. The summed E-state index contributed by atoms with van der Waals surface area (Å²) in [6.45, 7) is -0.281. The lowest BCUT2D eigenvalue weighted by atomic mass is 10.3. The topological polar surface area (TPSA) is 87.3 Å². The molecule has 94 valence electrons. The summed E-state index contributed by atoms with van der Waals surface area (Å²) in [5.74, 6) is -0.393. The van der Waals surface area contributed by atoms with Crippen LogP contribution in [0.5, 0.6) is 0 Å². The van der Waals surface area contributed by atoms with Crippen LogP contribution in [0.15, 0.2) is 29.2 Å². The Balaban J connectivity index is 2.93. The SMILES string of the molecule is CNC(=O)CNS(=O)(=O)c1ccccc1NC. The van der Waals surface area contributed by atoms with Gasteiger partial charge in [-0.1, -0.05) is 12.1 Å². The standard InChI is InChI=1S/C10H15N3O3S/c1-11-8-5-3-4-6-9(8)17(15,16)13-7-10(14)12-2/h3-6,11,13H,7H2,1-2H3,(H,12,14). The van der Waals surface area contributed by atoms with Crippen LogP contribution in [-0.2, 0) is 14.8 Å². The number of para-hydroxylation sites is 1. The molecule has 3 N–H and O–H groups in total. The molecule has 0 bridgehead atoms. The van der Waals surface area contributed by atoms with Crippen molar-refractivity contribution in [1.29, 1.82) is 0 Å². The number of likely N-dealkylation sites (N-methyl/N-ethyl adjacent to an activating group) is 1. The summed E-state index contributed by atoms with van der Waals surface area (Å²) in [6.07, 6.45) is 0. The lowest BCUT2D eigenvalue weighted by molar-refractivity contribution is -0.119. The van der Waals surface area contributed by atoms with E-state index in [9.17, 15) is 13.2 Å². The van der Waals surface area contributed by atoms with E-state index in [1.165, 1.54) is 13.1 Å². The van der Waals surface area contributed by atoms with Gasteiger partial charge in [0.2, 0.25) is 15.9 Å². The molecule has 0 fully saturated rings. The Kier molecular flexibility index (Phi) is 4.47. The number of anilines is 1. The van der Waals surface area contributed by atoms with Gasteiger partial charge in [-0.05, 0) is 12.1 Å². The predicted octanol–water partition coefficient (Wildman–Crippen LogP) is -0.247. The zero-order chi connectivity index (χ0) is 12.9. The number of rotatable bonds is 5. The van der Waals surface area contributed by atoms with Gasteiger partial charge in [-0.15, -0.1) is 0 Å². The first kappa shape index (κ1) is 13.5. The summed E-state index contributed by atoms with van der Waals surface area (Å²) in [5.41, 5.74) is 0.483. The van der Waals surface area contributed by atoms with Crippen molar-refractivity contribution >= 4 is 21.6 Å². The van der Waals surface area contributed by atoms with Crippen molar-refractivity contribution in [2.45, 2.75) is 4.90 Å². The molecule has 6 nitrogen and oxygen atoms in total. The van der Waals surface area contributed by atoms with E-state index in [1.54, 1.807) is 25.2 Å². The summed E-state index contributed by atoms with van der Waals surface area (Å²) in [4.78, 5) is 11.1. The Labute approximate surface area is 100 Å². The van der Waals surface area contributed by atoms with Crippen LogP contribution < -0.4 is 15.4 Å². The van der Waals surface area contributed by atoms with Gasteiger partial charge < -0.3 is 10.6 Å². The highest BCUT2D eigenvalue weighted by molar-refractivity contribution is 7.89. The van der Waals surface area contributed by atoms with E-state index in [0.29, 0.717) is 5.69 Å². The zero-order valence-corrected chi connectivity index (χ0v) is 10.5. The molecule has 0 radical (unpaired) electrons. The monoisotopic (exact) mass is 257 g/mol. The first-order valence-corrected chi connectivity index (χ1v) is 6.46. The Hall–Kier alpha value is -1.60. The van der Waals surface area contributed by atoms with Gasteiger partial charge in [0.1, 0.15) is 4.90 Å². The first-order valence-electron chi connectivity index (χ1n) is 4.98. The summed E-state index contributed by atoms with van der Waals surface area (Å²) >= 11 is 0. The van der Waals surface area contributed by atoms with Crippen molar-refractivity contribution in [3.05, 3.63) is 24.3 Å². The van der Waals surface area contributed by atoms with E-state index in [2.05, 4.69) is 15.4 Å². The molecule has 17 heavy (non-hydrogen) atoms. The van der Waals surface area contributed by atoms with E-state index in [1.807, 2.05) is 0 Å². The van der Waals surface area contributed by atoms with Crippen LogP contribution in [0.25, 0.3) is 0 Å². The number of sulfonamides is 1. The molecular formula is C10H15N3O3S. The number of carbonyl (C=O) groups excluding carboxylic acids is 1. The minimum absolute atomic E-state index is 0.117. The van der Waals surface area contributed by atoms with Crippen LogP contribution in [0.2, 0.25) is 0 Å². The third-order valence-corrected chi connectivity index (χ3v) is 3.61. The molecule has 0 aliphatic carbocycles. The molecule has 1 amide bonds. The maximum Gasteiger partial charge on any atom is 0.243 e. The number of hydrogen-bond acceptors (Lipinski definition) is 4. The second-order valence-electron chi connectivity index (χ2n) is 3.24. The van der Waals surface area contributed by atoms with Crippen LogP contribution >= 0.6 is 0 Å². The largest absolute Gasteiger partial charge is 0.387 e. The summed E-state index contributed by atoms with van der Waals surface area (Å²) in [7, 11) is -0.607. The molecule has 0 spiro atoms. The molecule has 0 aliphatic rings. The van der Waals surface area contributed by atoms with Gasteiger partial charge in [-0.25, -0.2) is 13.1 Å². The van der Waals surface area contributed by atoms with E-state index >= 15 is 0 Å². The molecule has 1 aromatic carbocycles. The minimum Gasteiger partial charge on any atom is -0.387 e. The van der Waals surface area contributed by atoms with Crippen molar-refractivity contribution in [3.8, 4) is 0 Å². The van der Waals surface area contributed by atoms with Crippen LogP contribution in [0.1, 0.15) is 0 Å². The van der Waals surface area contributed by atoms with Crippen molar-refractivity contribution in [2.24, 2.45) is 0 Å². The molecule has 0 saturated heterocycles. The summed E-state index contributed by atoms with van der Waals surface area (Å²) in [5, 5.41) is 5.12. The third kappa shape index (κ3) is 3.43. The Morgan fingerprint density at radius 2 is 1.88 bits per heavy atom. The highest BCUT2D eigenvalue weighted by Gasteiger charge is 2.18. The number of carbonyl (C=O) groups is 1. The van der Waals surface area contributed by atoms with Crippen molar-refractivity contribution in [3.63, 3.8) is 0 Å². The molecule has 1 rings (SSSR count). The van der Waals surface area contributed by atoms with Crippen LogP contribution in [0.3, 0.4) is 0 Å². The second kappa shape index (κ2) is 5.65. The highest BCUT2D eigenvalue weighted by Crippen LogP contribution is 2.19. The molecule has 0 atom stereocenters. The van der Waals surface area contributed by atoms with Crippen molar-refractivity contribution < 1.29 is 13.2 Å². The third-order valence-electron chi connectivity index (χ3n) is 2.15. The zero-order valence-electron chi connectivity index (χ0n) is 9.65. The van der Waals surface area contributed by atoms with E-state index in [0.717, 1.165) is 0 Å². The number of benzene rings is 1. The van der Waals surface area contributed by atoms with Crippen LogP contribution in [0, 0.1) is 0 Å². The first-order chi connectivity index (χ1) is 8.01. The van der Waals surface area contributed by atoms with E-state index < -0.39 is 15.9 Å². The van der Waals surface area contributed by atoms with Gasteiger partial charge >= 0.3 is 0 Å². The van der Waals surface area contributed by atoms with Gasteiger partial charge in [0.15, 0.2) is 0 Å². The Morgan fingerprint density at radius 3 is 2.47 bits per heavy atom. The number of hydrogen-bond donors (Lipinski definition) is 3. The van der Waals surface area contributed by atoms with Gasteiger partial charge in [0.05, 0.1) is 12.2 Å². The summed E-state index contributed by atoms with van der Waals surface area (Å²) in [6, 6.07) is 6.46. The number of amides is 1. The fourth-order valence-electron chi connectivity index (χ4n) is 1.23. The molecule has 1 aromatic rings. The smallest absolute Gasteiger partial charge is 0.243 e. The maximum absolute atomic E-state index is 11.9. The van der Waals surface area contributed by atoms with Crippen molar-refractivity contribution in [1.82, 2.24) is 10.0 Å². The van der Waals surface area contributed by atoms with Gasteiger partial charge in [0, 0.05) is 14.1 Å². The van der Waals surface area contributed by atoms with E-state index in [-0.39, 0.29) is 11.4 Å². The predicted molar refractivity (Wildman–Crippen MR) is 65.2 cm³/mol. The summed E-state index contributed by atoms with van der Waals surface area (Å²) < 4.78 is 26.0. The average molecular weight is 257 g/mol. The van der Waals surface area contributed by atoms with E-state index in [4.69, 9.17) is 0 Å². The van der Waals surface area contributed by atoms with Crippen LogP contribution in [0.4, 0.5) is 5.69 Å². The average Bonchev–Trinajstić information content (AvgIpc) is 2.35. The highest BCUT2D eigenvalue weighted by atomic mass is 32.2. The molecule has 7 heteroatoms. The minimum atomic E-state index is -3.68. The van der Waals surface area contributed by atoms with Crippen molar-refractivity contribution in [2.75, 3.05) is 26.0 Å². The fourth-order valence-corrected chi connectivity index (χ4v) is 2.43.